The van der Waals surface area contributed by atoms with Crippen LogP contribution in [0.3, 0.4) is 0 Å². The number of para-hydroxylation sites is 1. The first-order chi connectivity index (χ1) is 17.8. The molecule has 1 aliphatic heterocycles. The summed E-state index contributed by atoms with van der Waals surface area (Å²) in [6.45, 7) is 8.07. The van der Waals surface area contributed by atoms with Crippen LogP contribution in [0, 0.1) is 11.8 Å². The Bertz CT molecular complexity index is 1040. The van der Waals surface area contributed by atoms with Gasteiger partial charge in [-0.05, 0) is 74.8 Å². The third-order valence-corrected chi connectivity index (χ3v) is 8.67. The number of aromatic nitrogens is 1. The van der Waals surface area contributed by atoms with Crippen LogP contribution >= 0.6 is 0 Å². The van der Waals surface area contributed by atoms with Crippen LogP contribution in [0.4, 0.5) is 0 Å². The summed E-state index contributed by atoms with van der Waals surface area (Å²) in [5, 5.41) is 4.25. The molecule has 8 heteroatoms. The Balaban J connectivity index is 1.33. The zero-order chi connectivity index (χ0) is 26.4. The topological polar surface area (TPSA) is 128 Å². The van der Waals surface area contributed by atoms with Gasteiger partial charge in [-0.2, -0.15) is 0 Å². The lowest BCUT2D eigenvalue weighted by atomic mass is 9.79. The van der Waals surface area contributed by atoms with Crippen molar-refractivity contribution in [3.8, 4) is 0 Å². The molecule has 1 aliphatic carbocycles. The number of aliphatic imine (C=N–C) groups is 1. The van der Waals surface area contributed by atoms with Gasteiger partial charge in [-0.25, -0.2) is 0 Å². The van der Waals surface area contributed by atoms with E-state index >= 15 is 0 Å². The number of fused-ring (bicyclic) bond motifs is 1. The van der Waals surface area contributed by atoms with Crippen molar-refractivity contribution < 1.29 is 4.79 Å². The smallest absolute Gasteiger partial charge is 0.237 e. The highest BCUT2D eigenvalue weighted by Crippen LogP contribution is 2.35. The molecule has 1 aromatic heterocycles. The molecule has 1 aromatic carbocycles. The van der Waals surface area contributed by atoms with Crippen molar-refractivity contribution in [1.29, 1.82) is 0 Å². The largest absolute Gasteiger partial charge is 0.370 e. The predicted octanol–water partition coefficient (Wildman–Crippen LogP) is 3.49. The van der Waals surface area contributed by atoms with E-state index in [1.54, 1.807) is 0 Å². The number of nitrogens with zero attached hydrogens (tertiary/aromatic N) is 3. The number of benzene rings is 1. The number of rotatable bonds is 10. The van der Waals surface area contributed by atoms with Crippen molar-refractivity contribution in [1.82, 2.24) is 14.8 Å². The molecule has 0 radical (unpaired) electrons. The predicted molar refractivity (Wildman–Crippen MR) is 152 cm³/mol. The minimum Gasteiger partial charge on any atom is -0.370 e. The lowest BCUT2D eigenvalue weighted by Crippen LogP contribution is -2.43. The van der Waals surface area contributed by atoms with Gasteiger partial charge in [0.2, 0.25) is 5.91 Å². The minimum absolute atomic E-state index is 0.0638. The van der Waals surface area contributed by atoms with Gasteiger partial charge in [0.05, 0.1) is 6.04 Å². The number of likely N-dealkylation sites (tertiary alicyclic amines) is 1. The molecule has 0 bridgehead atoms. The van der Waals surface area contributed by atoms with Crippen LogP contribution < -0.4 is 22.5 Å². The summed E-state index contributed by atoms with van der Waals surface area (Å²) in [7, 11) is 0. The van der Waals surface area contributed by atoms with Gasteiger partial charge in [0.1, 0.15) is 0 Å². The molecule has 2 aliphatic rings. The Hall–Kier alpha value is -2.58. The Morgan fingerprint density at radius 2 is 1.76 bits per heavy atom. The summed E-state index contributed by atoms with van der Waals surface area (Å²) in [5.41, 5.74) is 19.2. The SMILES string of the molecule is CC(C)C1CCC(N2CCC(n3cc(CNC(=O)[C@@H](N)CCCN=C(N)N)c4ccccc43)CC2)CC1. The summed E-state index contributed by atoms with van der Waals surface area (Å²) in [4.78, 5) is 19.3. The van der Waals surface area contributed by atoms with Crippen LogP contribution in [0.2, 0.25) is 0 Å². The summed E-state index contributed by atoms with van der Waals surface area (Å²) < 4.78 is 2.46. The van der Waals surface area contributed by atoms with E-state index in [1.807, 2.05) is 0 Å². The molecule has 2 fully saturated rings. The zero-order valence-electron chi connectivity index (χ0n) is 22.7. The van der Waals surface area contributed by atoms with E-state index in [-0.39, 0.29) is 11.9 Å². The monoisotopic (exact) mass is 509 g/mol. The average molecular weight is 510 g/mol. The molecule has 1 saturated carbocycles. The number of hydrogen-bond acceptors (Lipinski definition) is 4. The number of piperidine rings is 1. The Morgan fingerprint density at radius 1 is 1.05 bits per heavy atom. The molecule has 204 valence electrons. The standard InChI is InChI=1S/C29H47N7O/c1-20(2)21-9-11-23(12-10-21)35-16-13-24(14-17-35)36-19-22(25-6-3-4-8-27(25)36)18-34-28(37)26(30)7-5-15-33-29(31)32/h3-4,6,8,19-21,23-24,26H,5,7,9-18,30H2,1-2H3,(H,34,37)(H4,31,32,33)/t21?,23?,26-/m0/s1. The molecule has 0 unspecified atom stereocenters. The van der Waals surface area contributed by atoms with Crippen molar-refractivity contribution in [3.05, 3.63) is 36.0 Å². The number of nitrogens with one attached hydrogen (secondary N) is 1. The van der Waals surface area contributed by atoms with E-state index in [0.717, 1.165) is 23.4 Å². The normalized spacial score (nSPS) is 22.3. The molecular weight excluding hydrogens is 462 g/mol. The summed E-state index contributed by atoms with van der Waals surface area (Å²) in [5.74, 6) is 1.66. The first-order valence-corrected chi connectivity index (χ1v) is 14.2. The molecule has 37 heavy (non-hydrogen) atoms. The maximum atomic E-state index is 12.6. The Kier molecular flexibility index (Phi) is 9.49. The fraction of sp³-hybridized carbons (Fsp3) is 0.655. The molecule has 1 atom stereocenters. The van der Waals surface area contributed by atoms with E-state index in [4.69, 9.17) is 17.2 Å². The molecule has 1 saturated heterocycles. The molecule has 4 rings (SSSR count). The number of carbonyl (C=O) groups excluding carboxylic acids is 1. The fourth-order valence-corrected chi connectivity index (χ4v) is 6.35. The Labute approximate surface area is 222 Å². The van der Waals surface area contributed by atoms with Crippen LogP contribution in [0.15, 0.2) is 35.5 Å². The lowest BCUT2D eigenvalue weighted by molar-refractivity contribution is -0.122. The summed E-state index contributed by atoms with van der Waals surface area (Å²) >= 11 is 0. The third-order valence-electron chi connectivity index (χ3n) is 8.67. The summed E-state index contributed by atoms with van der Waals surface area (Å²) in [6.07, 6.45) is 11.3. The minimum atomic E-state index is -0.567. The van der Waals surface area contributed by atoms with Gasteiger partial charge in [0.15, 0.2) is 5.96 Å². The van der Waals surface area contributed by atoms with Gasteiger partial charge in [-0.15, -0.1) is 0 Å². The zero-order valence-corrected chi connectivity index (χ0v) is 22.7. The van der Waals surface area contributed by atoms with E-state index in [0.29, 0.717) is 32.0 Å². The van der Waals surface area contributed by atoms with Gasteiger partial charge in [0, 0.05) is 55.4 Å². The number of nitrogens with two attached hydrogens (primary N) is 3. The van der Waals surface area contributed by atoms with E-state index in [1.165, 1.54) is 62.5 Å². The van der Waals surface area contributed by atoms with Crippen molar-refractivity contribution in [2.75, 3.05) is 19.6 Å². The van der Waals surface area contributed by atoms with E-state index in [2.05, 4.69) is 64.1 Å². The first kappa shape index (κ1) is 27.5. The first-order valence-electron chi connectivity index (χ1n) is 14.2. The number of amides is 1. The van der Waals surface area contributed by atoms with Crippen LogP contribution in [-0.4, -0.2) is 53.1 Å². The second-order valence-electron chi connectivity index (χ2n) is 11.4. The van der Waals surface area contributed by atoms with Crippen LogP contribution in [0.1, 0.15) is 76.8 Å². The van der Waals surface area contributed by atoms with Gasteiger partial charge < -0.3 is 32.0 Å². The highest BCUT2D eigenvalue weighted by Gasteiger charge is 2.30. The number of guanidine groups is 1. The fourth-order valence-electron chi connectivity index (χ4n) is 6.35. The van der Waals surface area contributed by atoms with Gasteiger partial charge in [-0.3, -0.25) is 9.79 Å². The second kappa shape index (κ2) is 12.8. The maximum Gasteiger partial charge on any atom is 0.237 e. The molecule has 7 N–H and O–H groups in total. The molecule has 8 nitrogen and oxygen atoms in total. The lowest BCUT2D eigenvalue weighted by Gasteiger charge is -2.42. The number of hydrogen-bond donors (Lipinski definition) is 4. The molecular formula is C29H47N7O. The number of carbonyl (C=O) groups is 1. The quantitative estimate of drug-likeness (QED) is 0.221. The van der Waals surface area contributed by atoms with Gasteiger partial charge in [-0.1, -0.05) is 32.0 Å². The van der Waals surface area contributed by atoms with Gasteiger partial charge in [0.25, 0.3) is 0 Å². The molecule has 2 heterocycles. The van der Waals surface area contributed by atoms with Crippen LogP contribution in [0.25, 0.3) is 10.9 Å². The van der Waals surface area contributed by atoms with Crippen molar-refractivity contribution in [3.63, 3.8) is 0 Å². The van der Waals surface area contributed by atoms with Crippen molar-refractivity contribution in [2.24, 2.45) is 34.0 Å². The van der Waals surface area contributed by atoms with Gasteiger partial charge >= 0.3 is 0 Å². The van der Waals surface area contributed by atoms with E-state index < -0.39 is 6.04 Å². The summed E-state index contributed by atoms with van der Waals surface area (Å²) in [6, 6.07) is 9.24. The van der Waals surface area contributed by atoms with Crippen molar-refractivity contribution >= 4 is 22.8 Å². The third kappa shape index (κ3) is 7.05. The highest BCUT2D eigenvalue weighted by atomic mass is 16.2. The maximum absolute atomic E-state index is 12.6. The van der Waals surface area contributed by atoms with E-state index in [9.17, 15) is 4.79 Å². The molecule has 0 spiro atoms. The van der Waals surface area contributed by atoms with Crippen LogP contribution in [-0.2, 0) is 11.3 Å². The molecule has 1 amide bonds. The Morgan fingerprint density at radius 3 is 2.43 bits per heavy atom. The molecule has 2 aromatic rings. The average Bonchev–Trinajstić information content (AvgIpc) is 3.28. The highest BCUT2D eigenvalue weighted by molar-refractivity contribution is 5.86. The van der Waals surface area contributed by atoms with Crippen molar-refractivity contribution in [2.45, 2.75) is 89.9 Å². The van der Waals surface area contributed by atoms with Crippen LogP contribution in [0.5, 0.6) is 0 Å². The second-order valence-corrected chi connectivity index (χ2v) is 11.4.